The maximum atomic E-state index is 12.1. The molecule has 90 valence electrons. The lowest BCUT2D eigenvalue weighted by molar-refractivity contribution is -0.130. The second kappa shape index (κ2) is 3.44. The van der Waals surface area contributed by atoms with Crippen LogP contribution in [0.2, 0.25) is 0 Å². The Hall–Kier alpha value is -0.610. The number of rotatable bonds is 5. The van der Waals surface area contributed by atoms with Crippen molar-refractivity contribution < 1.29 is 9.53 Å². The highest BCUT2D eigenvalue weighted by molar-refractivity contribution is 5.91. The zero-order valence-electron chi connectivity index (χ0n) is 9.92. The Morgan fingerprint density at radius 3 is 2.62 bits per heavy atom. The lowest BCUT2D eigenvalue weighted by Crippen LogP contribution is -2.36. The highest BCUT2D eigenvalue weighted by Crippen LogP contribution is 2.50. The van der Waals surface area contributed by atoms with E-state index in [1.54, 1.807) is 7.11 Å². The molecule has 1 amide bonds. The van der Waals surface area contributed by atoms with Gasteiger partial charge in [0.05, 0.1) is 12.2 Å². The minimum Gasteiger partial charge on any atom is -0.385 e. The summed E-state index contributed by atoms with van der Waals surface area (Å²) < 4.78 is 5.14. The molecule has 1 aliphatic heterocycles. The predicted octanol–water partition coefficient (Wildman–Crippen LogP) is 0.725. The van der Waals surface area contributed by atoms with E-state index < -0.39 is 0 Å². The maximum absolute atomic E-state index is 12.1. The monoisotopic (exact) mass is 224 g/mol. The first-order valence-electron chi connectivity index (χ1n) is 6.23. The van der Waals surface area contributed by atoms with Crippen molar-refractivity contribution in [2.75, 3.05) is 26.9 Å². The van der Waals surface area contributed by atoms with Crippen molar-refractivity contribution in [3.8, 4) is 0 Å². The minimum absolute atomic E-state index is 0.128. The molecule has 1 spiro atoms. The Morgan fingerprint density at radius 2 is 2.12 bits per heavy atom. The Bertz CT molecular complexity index is 308. The third-order valence-electron chi connectivity index (χ3n) is 4.37. The van der Waals surface area contributed by atoms with Crippen molar-refractivity contribution >= 4 is 5.91 Å². The molecule has 1 heterocycles. The van der Waals surface area contributed by atoms with E-state index in [1.807, 2.05) is 4.90 Å². The molecule has 3 fully saturated rings. The highest BCUT2D eigenvalue weighted by atomic mass is 16.5. The van der Waals surface area contributed by atoms with Crippen molar-refractivity contribution in [3.63, 3.8) is 0 Å². The fourth-order valence-corrected chi connectivity index (χ4v) is 2.73. The molecule has 16 heavy (non-hydrogen) atoms. The molecular formula is C12H20N2O2. The van der Waals surface area contributed by atoms with E-state index in [9.17, 15) is 4.79 Å². The van der Waals surface area contributed by atoms with Crippen LogP contribution >= 0.6 is 0 Å². The third-order valence-corrected chi connectivity index (χ3v) is 4.37. The Morgan fingerprint density at radius 1 is 1.38 bits per heavy atom. The summed E-state index contributed by atoms with van der Waals surface area (Å²) in [6.07, 6.45) is 5.68. The van der Waals surface area contributed by atoms with Crippen molar-refractivity contribution in [1.82, 2.24) is 10.2 Å². The van der Waals surface area contributed by atoms with Crippen LogP contribution in [0, 0.1) is 5.41 Å². The van der Waals surface area contributed by atoms with Gasteiger partial charge in [0.15, 0.2) is 0 Å². The lowest BCUT2D eigenvalue weighted by atomic mass is 10.0. The van der Waals surface area contributed by atoms with Crippen LogP contribution in [-0.4, -0.2) is 43.3 Å². The standard InChI is InChI=1S/C12H20N2O2/c1-16-7-6-11(2-3-11)8-14-9-13-12(4-5-12)10(14)15/h13H,2-9H2,1H3. The number of methoxy groups -OCH3 is 1. The fraction of sp³-hybridized carbons (Fsp3) is 0.917. The van der Waals surface area contributed by atoms with Crippen molar-refractivity contribution in [1.29, 1.82) is 0 Å². The molecule has 1 N–H and O–H groups in total. The van der Waals surface area contributed by atoms with Crippen molar-refractivity contribution in [2.24, 2.45) is 5.41 Å². The molecule has 0 atom stereocenters. The summed E-state index contributed by atoms with van der Waals surface area (Å²) in [5, 5.41) is 3.36. The Kier molecular flexibility index (Phi) is 2.27. The normalized spacial score (nSPS) is 28.8. The Labute approximate surface area is 96.3 Å². The van der Waals surface area contributed by atoms with E-state index in [1.165, 1.54) is 12.8 Å². The highest BCUT2D eigenvalue weighted by Gasteiger charge is 2.57. The average molecular weight is 224 g/mol. The molecule has 2 saturated carbocycles. The molecule has 0 aromatic carbocycles. The number of amides is 1. The second-order valence-electron chi connectivity index (χ2n) is 5.66. The minimum atomic E-state index is -0.128. The summed E-state index contributed by atoms with van der Waals surface area (Å²) >= 11 is 0. The molecule has 0 bridgehead atoms. The fourth-order valence-electron chi connectivity index (χ4n) is 2.73. The molecule has 1 saturated heterocycles. The number of nitrogens with one attached hydrogen (secondary N) is 1. The molecule has 3 rings (SSSR count). The lowest BCUT2D eigenvalue weighted by Gasteiger charge is -2.22. The van der Waals surface area contributed by atoms with Crippen LogP contribution in [0.25, 0.3) is 0 Å². The van der Waals surface area contributed by atoms with Gasteiger partial charge in [0, 0.05) is 20.3 Å². The summed E-state index contributed by atoms with van der Waals surface area (Å²) in [6.45, 7) is 2.51. The summed E-state index contributed by atoms with van der Waals surface area (Å²) in [7, 11) is 1.75. The van der Waals surface area contributed by atoms with Crippen molar-refractivity contribution in [3.05, 3.63) is 0 Å². The SMILES string of the molecule is COCCC1(CN2CNC3(CC3)C2=O)CC1. The average Bonchev–Trinajstić information content (AvgIpc) is 3.17. The van der Waals surface area contributed by atoms with E-state index >= 15 is 0 Å². The number of hydrogen-bond acceptors (Lipinski definition) is 3. The van der Waals surface area contributed by atoms with Gasteiger partial charge in [-0.1, -0.05) is 0 Å². The molecule has 4 nitrogen and oxygen atoms in total. The van der Waals surface area contributed by atoms with Crippen LogP contribution in [0.3, 0.4) is 0 Å². The number of carbonyl (C=O) groups is 1. The Balaban J connectivity index is 1.57. The van der Waals surface area contributed by atoms with Gasteiger partial charge in [-0.2, -0.15) is 0 Å². The largest absolute Gasteiger partial charge is 0.385 e. The summed E-state index contributed by atoms with van der Waals surface area (Å²) in [5.41, 5.74) is 0.255. The zero-order valence-corrected chi connectivity index (χ0v) is 9.92. The van der Waals surface area contributed by atoms with E-state index in [0.29, 0.717) is 11.3 Å². The maximum Gasteiger partial charge on any atom is 0.243 e. The van der Waals surface area contributed by atoms with Gasteiger partial charge in [-0.25, -0.2) is 0 Å². The number of nitrogens with zero attached hydrogens (tertiary/aromatic N) is 1. The van der Waals surface area contributed by atoms with Gasteiger partial charge in [-0.3, -0.25) is 10.1 Å². The topological polar surface area (TPSA) is 41.6 Å². The van der Waals surface area contributed by atoms with Crippen LogP contribution in [0.4, 0.5) is 0 Å². The van der Waals surface area contributed by atoms with Crippen LogP contribution in [0.5, 0.6) is 0 Å². The van der Waals surface area contributed by atoms with Crippen LogP contribution in [0.1, 0.15) is 32.1 Å². The predicted molar refractivity (Wildman–Crippen MR) is 59.8 cm³/mol. The molecule has 3 aliphatic rings. The van der Waals surface area contributed by atoms with E-state index in [0.717, 1.165) is 39.1 Å². The first kappa shape index (κ1) is 10.5. The molecule has 0 aromatic rings. The van der Waals surface area contributed by atoms with E-state index in [-0.39, 0.29) is 5.54 Å². The van der Waals surface area contributed by atoms with Gasteiger partial charge in [-0.15, -0.1) is 0 Å². The zero-order chi connectivity index (χ0) is 11.2. The molecule has 4 heteroatoms. The molecular weight excluding hydrogens is 204 g/mol. The number of hydrogen-bond donors (Lipinski definition) is 1. The van der Waals surface area contributed by atoms with E-state index in [4.69, 9.17) is 4.74 Å². The van der Waals surface area contributed by atoms with E-state index in [2.05, 4.69) is 5.32 Å². The van der Waals surface area contributed by atoms with Gasteiger partial charge in [-0.05, 0) is 37.5 Å². The van der Waals surface area contributed by atoms with Crippen molar-refractivity contribution in [2.45, 2.75) is 37.6 Å². The van der Waals surface area contributed by atoms with Gasteiger partial charge >= 0.3 is 0 Å². The van der Waals surface area contributed by atoms with Gasteiger partial charge < -0.3 is 9.64 Å². The van der Waals surface area contributed by atoms with Gasteiger partial charge in [0.25, 0.3) is 0 Å². The quantitative estimate of drug-likeness (QED) is 0.748. The third kappa shape index (κ3) is 1.64. The second-order valence-corrected chi connectivity index (χ2v) is 5.66. The van der Waals surface area contributed by atoms with Crippen LogP contribution in [0.15, 0.2) is 0 Å². The summed E-state index contributed by atoms with van der Waals surface area (Å²) in [5.74, 6) is 0.344. The first-order chi connectivity index (χ1) is 7.70. The summed E-state index contributed by atoms with van der Waals surface area (Å²) in [6, 6.07) is 0. The van der Waals surface area contributed by atoms with Gasteiger partial charge in [0.2, 0.25) is 5.91 Å². The first-order valence-corrected chi connectivity index (χ1v) is 6.23. The smallest absolute Gasteiger partial charge is 0.243 e. The van der Waals surface area contributed by atoms with Crippen LogP contribution in [-0.2, 0) is 9.53 Å². The van der Waals surface area contributed by atoms with Gasteiger partial charge in [0.1, 0.15) is 0 Å². The van der Waals surface area contributed by atoms with Crippen LogP contribution < -0.4 is 5.32 Å². The molecule has 0 radical (unpaired) electrons. The number of ether oxygens (including phenoxy) is 1. The molecule has 0 aromatic heterocycles. The summed E-state index contributed by atoms with van der Waals surface area (Å²) in [4.78, 5) is 14.1. The molecule has 2 aliphatic carbocycles. The number of carbonyl (C=O) groups excluding carboxylic acids is 1. The molecule has 0 unspecified atom stereocenters.